The van der Waals surface area contributed by atoms with Gasteiger partial charge in [0.2, 0.25) is 5.91 Å². The maximum absolute atomic E-state index is 11.5. The third-order valence-electron chi connectivity index (χ3n) is 2.19. The zero-order valence-electron chi connectivity index (χ0n) is 7.07. The van der Waals surface area contributed by atoms with Crippen LogP contribution in [0.25, 0.3) is 0 Å². The molecule has 0 N–H and O–H groups in total. The van der Waals surface area contributed by atoms with Gasteiger partial charge in [-0.3, -0.25) is 4.79 Å². The van der Waals surface area contributed by atoms with Gasteiger partial charge in [-0.1, -0.05) is 15.9 Å². The van der Waals surface area contributed by atoms with Crippen molar-refractivity contribution in [3.05, 3.63) is 22.4 Å². The van der Waals surface area contributed by atoms with E-state index in [1.54, 1.807) is 11.3 Å². The van der Waals surface area contributed by atoms with E-state index in [-0.39, 0.29) is 10.7 Å². The van der Waals surface area contributed by atoms with Crippen LogP contribution in [0.3, 0.4) is 0 Å². The molecule has 13 heavy (non-hydrogen) atoms. The third-order valence-corrected chi connectivity index (χ3v) is 3.77. The summed E-state index contributed by atoms with van der Waals surface area (Å²) >= 11 is 5.03. The van der Waals surface area contributed by atoms with Crippen LogP contribution in [-0.4, -0.2) is 22.2 Å². The molecule has 1 amide bonds. The highest BCUT2D eigenvalue weighted by molar-refractivity contribution is 9.10. The number of amides is 1. The predicted octanol–water partition coefficient (Wildman–Crippen LogP) is 2.24. The Morgan fingerprint density at radius 3 is 3.08 bits per heavy atom. The molecule has 0 radical (unpaired) electrons. The van der Waals surface area contributed by atoms with Crippen molar-refractivity contribution in [3.8, 4) is 0 Å². The molecule has 70 valence electrons. The van der Waals surface area contributed by atoms with E-state index >= 15 is 0 Å². The summed E-state index contributed by atoms with van der Waals surface area (Å²) in [5.41, 5.74) is 1.24. The Labute approximate surface area is 89.7 Å². The average Bonchev–Trinajstić information content (AvgIpc) is 2.71. The van der Waals surface area contributed by atoms with Crippen molar-refractivity contribution in [2.45, 2.75) is 17.8 Å². The number of carbonyl (C=O) groups excluding carboxylic acids is 1. The van der Waals surface area contributed by atoms with Crippen LogP contribution in [0.15, 0.2) is 16.8 Å². The van der Waals surface area contributed by atoms with Crippen molar-refractivity contribution in [1.29, 1.82) is 0 Å². The zero-order valence-corrected chi connectivity index (χ0v) is 9.47. The zero-order chi connectivity index (χ0) is 9.26. The molecule has 0 bridgehead atoms. The van der Waals surface area contributed by atoms with Crippen molar-refractivity contribution in [3.63, 3.8) is 0 Å². The van der Waals surface area contributed by atoms with E-state index in [4.69, 9.17) is 0 Å². The van der Waals surface area contributed by atoms with Gasteiger partial charge in [-0.05, 0) is 28.8 Å². The van der Waals surface area contributed by atoms with Gasteiger partial charge in [0.25, 0.3) is 0 Å². The van der Waals surface area contributed by atoms with Gasteiger partial charge >= 0.3 is 0 Å². The number of hydrogen-bond donors (Lipinski definition) is 0. The molecule has 0 aromatic carbocycles. The van der Waals surface area contributed by atoms with Gasteiger partial charge in [0.05, 0.1) is 4.83 Å². The Morgan fingerprint density at radius 2 is 2.54 bits per heavy atom. The largest absolute Gasteiger partial charge is 0.337 e. The van der Waals surface area contributed by atoms with Crippen molar-refractivity contribution < 1.29 is 4.79 Å². The number of carbonyl (C=O) groups is 1. The Morgan fingerprint density at radius 1 is 1.69 bits per heavy atom. The molecule has 1 aliphatic rings. The van der Waals surface area contributed by atoms with Crippen LogP contribution in [0.2, 0.25) is 0 Å². The molecule has 1 unspecified atom stereocenters. The van der Waals surface area contributed by atoms with Crippen LogP contribution in [0.4, 0.5) is 0 Å². The van der Waals surface area contributed by atoms with Gasteiger partial charge in [0.15, 0.2) is 0 Å². The lowest BCUT2D eigenvalue weighted by Crippen LogP contribution is -2.26. The quantitative estimate of drug-likeness (QED) is 0.747. The van der Waals surface area contributed by atoms with Gasteiger partial charge in [-0.25, -0.2) is 0 Å². The Hall–Kier alpha value is -0.350. The molecule has 1 atom stereocenters. The maximum Gasteiger partial charge on any atom is 0.236 e. The van der Waals surface area contributed by atoms with Gasteiger partial charge in [0.1, 0.15) is 0 Å². The fourth-order valence-electron chi connectivity index (χ4n) is 1.46. The van der Waals surface area contributed by atoms with Gasteiger partial charge in [0, 0.05) is 13.1 Å². The van der Waals surface area contributed by atoms with Crippen LogP contribution in [0.5, 0.6) is 0 Å². The molecule has 2 nitrogen and oxygen atoms in total. The second kappa shape index (κ2) is 3.80. The summed E-state index contributed by atoms with van der Waals surface area (Å²) < 4.78 is 0. The molecule has 1 saturated heterocycles. The van der Waals surface area contributed by atoms with E-state index in [1.807, 2.05) is 10.3 Å². The summed E-state index contributed by atoms with van der Waals surface area (Å²) in [4.78, 5) is 13.5. The Kier molecular flexibility index (Phi) is 2.69. The number of rotatable bonds is 2. The lowest BCUT2D eigenvalue weighted by Gasteiger charge is -2.14. The molecule has 1 aromatic heterocycles. The van der Waals surface area contributed by atoms with Gasteiger partial charge < -0.3 is 4.90 Å². The summed E-state index contributed by atoms with van der Waals surface area (Å²) in [5.74, 6) is 0.228. The fourth-order valence-corrected chi connectivity index (χ4v) is 2.62. The third kappa shape index (κ3) is 1.94. The first-order valence-electron chi connectivity index (χ1n) is 4.21. The standard InChI is InChI=1S/C9H10BrNOS/c10-8-1-3-11(9(8)12)5-7-2-4-13-6-7/h2,4,6,8H,1,3,5H2. The van der Waals surface area contributed by atoms with E-state index in [0.29, 0.717) is 0 Å². The summed E-state index contributed by atoms with van der Waals surface area (Å²) in [6.07, 6.45) is 0.934. The average molecular weight is 260 g/mol. The Balaban J connectivity index is 2.00. The van der Waals surface area contributed by atoms with Crippen LogP contribution >= 0.6 is 27.3 Å². The van der Waals surface area contributed by atoms with Gasteiger partial charge in [-0.15, -0.1) is 0 Å². The minimum atomic E-state index is 0.0473. The highest BCUT2D eigenvalue weighted by Gasteiger charge is 2.28. The molecule has 0 saturated carbocycles. The molecule has 2 heterocycles. The summed E-state index contributed by atoms with van der Waals surface area (Å²) in [6.45, 7) is 1.65. The first kappa shape index (κ1) is 9.21. The van der Waals surface area contributed by atoms with E-state index in [1.165, 1.54) is 5.56 Å². The Bertz CT molecular complexity index is 299. The summed E-state index contributed by atoms with van der Waals surface area (Å²) in [7, 11) is 0. The molecule has 4 heteroatoms. The topological polar surface area (TPSA) is 20.3 Å². The van der Waals surface area contributed by atoms with Crippen LogP contribution in [0.1, 0.15) is 12.0 Å². The number of halogens is 1. The van der Waals surface area contributed by atoms with Crippen molar-refractivity contribution in [2.24, 2.45) is 0 Å². The van der Waals surface area contributed by atoms with E-state index in [0.717, 1.165) is 19.5 Å². The monoisotopic (exact) mass is 259 g/mol. The fraction of sp³-hybridized carbons (Fsp3) is 0.444. The van der Waals surface area contributed by atoms with E-state index in [2.05, 4.69) is 27.4 Å². The van der Waals surface area contributed by atoms with E-state index < -0.39 is 0 Å². The number of likely N-dealkylation sites (tertiary alicyclic amines) is 1. The van der Waals surface area contributed by atoms with Crippen LogP contribution in [-0.2, 0) is 11.3 Å². The molecule has 1 aliphatic heterocycles. The second-order valence-electron chi connectivity index (χ2n) is 3.15. The van der Waals surface area contributed by atoms with Crippen molar-refractivity contribution in [2.75, 3.05) is 6.54 Å². The minimum absolute atomic E-state index is 0.0473. The van der Waals surface area contributed by atoms with Crippen molar-refractivity contribution >= 4 is 33.2 Å². The summed E-state index contributed by atoms with van der Waals surface area (Å²) in [5, 5.41) is 4.14. The SMILES string of the molecule is O=C1C(Br)CCN1Cc1ccsc1. The lowest BCUT2D eigenvalue weighted by molar-refractivity contribution is -0.127. The lowest BCUT2D eigenvalue weighted by atomic mass is 10.3. The van der Waals surface area contributed by atoms with E-state index in [9.17, 15) is 4.79 Å². The number of nitrogens with zero attached hydrogens (tertiary/aromatic N) is 1. The first-order chi connectivity index (χ1) is 6.27. The smallest absolute Gasteiger partial charge is 0.236 e. The molecule has 1 aromatic rings. The summed E-state index contributed by atoms with van der Waals surface area (Å²) in [6, 6.07) is 2.07. The highest BCUT2D eigenvalue weighted by atomic mass is 79.9. The molecular formula is C9H10BrNOS. The van der Waals surface area contributed by atoms with Gasteiger partial charge in [-0.2, -0.15) is 11.3 Å². The molecule has 0 spiro atoms. The molecule has 0 aliphatic carbocycles. The predicted molar refractivity (Wildman–Crippen MR) is 57.1 cm³/mol. The second-order valence-corrected chi connectivity index (χ2v) is 5.03. The first-order valence-corrected chi connectivity index (χ1v) is 6.07. The number of thiophene rings is 1. The highest BCUT2D eigenvalue weighted by Crippen LogP contribution is 2.21. The molecular weight excluding hydrogens is 250 g/mol. The van der Waals surface area contributed by atoms with Crippen LogP contribution in [0, 0.1) is 0 Å². The maximum atomic E-state index is 11.5. The minimum Gasteiger partial charge on any atom is -0.337 e. The number of hydrogen-bond acceptors (Lipinski definition) is 2. The van der Waals surface area contributed by atoms with Crippen LogP contribution < -0.4 is 0 Å². The normalized spacial score (nSPS) is 22.7. The van der Waals surface area contributed by atoms with Crippen molar-refractivity contribution in [1.82, 2.24) is 4.90 Å². The molecule has 1 fully saturated rings. The number of alkyl halides is 1. The molecule has 2 rings (SSSR count).